The first-order chi connectivity index (χ1) is 12.0. The Kier molecular flexibility index (Phi) is 6.09. The standard InChI is InChI=1S/C18H27N3O3S/c22-18(14-21-12-4-5-13-21)19-15-8-10-17(11-9-15)25(23,24)20-16-6-2-1-3-7-16/h8-11,16,20H,1-7,12-14H2,(H,19,22)/p+1. The Balaban J connectivity index is 1.56. The molecule has 0 unspecified atom stereocenters. The van der Waals surface area contributed by atoms with E-state index in [9.17, 15) is 13.2 Å². The van der Waals surface area contributed by atoms with Gasteiger partial charge in [0.2, 0.25) is 10.0 Å². The van der Waals surface area contributed by atoms with Crippen molar-refractivity contribution in [3.8, 4) is 0 Å². The van der Waals surface area contributed by atoms with E-state index < -0.39 is 10.0 Å². The number of carbonyl (C=O) groups is 1. The number of sulfonamides is 1. The Hall–Kier alpha value is -1.44. The molecule has 2 aliphatic rings. The molecule has 1 aliphatic heterocycles. The van der Waals surface area contributed by atoms with E-state index in [2.05, 4.69) is 10.0 Å². The lowest BCUT2D eigenvalue weighted by Crippen LogP contribution is -3.11. The van der Waals surface area contributed by atoms with E-state index in [0.29, 0.717) is 12.2 Å². The van der Waals surface area contributed by atoms with Crippen LogP contribution in [0.25, 0.3) is 0 Å². The number of anilines is 1. The monoisotopic (exact) mass is 366 g/mol. The highest BCUT2D eigenvalue weighted by molar-refractivity contribution is 7.89. The number of hydrogen-bond donors (Lipinski definition) is 3. The highest BCUT2D eigenvalue weighted by Crippen LogP contribution is 2.20. The van der Waals surface area contributed by atoms with Gasteiger partial charge in [0.1, 0.15) is 0 Å². The van der Waals surface area contributed by atoms with Gasteiger partial charge in [-0.3, -0.25) is 4.79 Å². The average Bonchev–Trinajstić information content (AvgIpc) is 3.08. The molecule has 6 nitrogen and oxygen atoms in total. The number of benzene rings is 1. The van der Waals surface area contributed by atoms with Gasteiger partial charge in [-0.05, 0) is 37.1 Å². The molecule has 0 bridgehead atoms. The first-order valence-corrected chi connectivity index (χ1v) is 10.8. The second-order valence-electron chi connectivity index (χ2n) is 7.16. The van der Waals surface area contributed by atoms with Crippen molar-refractivity contribution >= 4 is 21.6 Å². The molecule has 1 saturated carbocycles. The predicted molar refractivity (Wildman–Crippen MR) is 97.1 cm³/mol. The van der Waals surface area contributed by atoms with Gasteiger partial charge in [-0.25, -0.2) is 13.1 Å². The third kappa shape index (κ3) is 5.26. The van der Waals surface area contributed by atoms with Crippen molar-refractivity contribution in [3.63, 3.8) is 0 Å². The van der Waals surface area contributed by atoms with Crippen LogP contribution >= 0.6 is 0 Å². The number of hydrogen-bond acceptors (Lipinski definition) is 3. The Morgan fingerprint density at radius 3 is 2.28 bits per heavy atom. The molecule has 0 radical (unpaired) electrons. The highest BCUT2D eigenvalue weighted by Gasteiger charge is 2.22. The SMILES string of the molecule is O=C(C[NH+]1CCCC1)Nc1ccc(S(=O)(=O)NC2CCCCC2)cc1. The van der Waals surface area contributed by atoms with Gasteiger partial charge in [0.25, 0.3) is 5.91 Å². The summed E-state index contributed by atoms with van der Waals surface area (Å²) < 4.78 is 27.7. The van der Waals surface area contributed by atoms with Crippen molar-refractivity contribution in [2.24, 2.45) is 0 Å². The zero-order valence-corrected chi connectivity index (χ0v) is 15.4. The molecule has 0 aromatic heterocycles. The molecule has 0 atom stereocenters. The molecule has 25 heavy (non-hydrogen) atoms. The number of amides is 1. The molecule has 2 fully saturated rings. The van der Waals surface area contributed by atoms with E-state index in [0.717, 1.165) is 38.8 Å². The van der Waals surface area contributed by atoms with Crippen LogP contribution in [-0.4, -0.2) is 40.0 Å². The summed E-state index contributed by atoms with van der Waals surface area (Å²) in [5, 5.41) is 2.85. The van der Waals surface area contributed by atoms with Gasteiger partial charge < -0.3 is 10.2 Å². The van der Waals surface area contributed by atoms with Crippen LogP contribution in [0.4, 0.5) is 5.69 Å². The zero-order valence-electron chi connectivity index (χ0n) is 14.6. The van der Waals surface area contributed by atoms with Crippen LogP contribution in [0.3, 0.4) is 0 Å². The largest absolute Gasteiger partial charge is 0.327 e. The Labute approximate surface area is 150 Å². The molecule has 1 amide bonds. The molecule has 1 aliphatic carbocycles. The molecule has 0 spiro atoms. The molecule has 1 aromatic rings. The third-order valence-corrected chi connectivity index (χ3v) is 6.63. The molecule has 138 valence electrons. The Morgan fingerprint density at radius 1 is 1.00 bits per heavy atom. The van der Waals surface area contributed by atoms with Crippen LogP contribution < -0.4 is 14.9 Å². The van der Waals surface area contributed by atoms with Gasteiger partial charge in [-0.1, -0.05) is 19.3 Å². The van der Waals surface area contributed by atoms with Gasteiger partial charge in [0.05, 0.1) is 18.0 Å². The average molecular weight is 367 g/mol. The lowest BCUT2D eigenvalue weighted by atomic mass is 9.96. The summed E-state index contributed by atoms with van der Waals surface area (Å²) in [6.07, 6.45) is 7.53. The van der Waals surface area contributed by atoms with Crippen LogP contribution in [0.5, 0.6) is 0 Å². The van der Waals surface area contributed by atoms with Crippen molar-refractivity contribution in [2.45, 2.75) is 55.9 Å². The predicted octanol–water partition coefficient (Wildman–Crippen LogP) is 0.915. The van der Waals surface area contributed by atoms with Crippen molar-refractivity contribution in [1.82, 2.24) is 4.72 Å². The molecular weight excluding hydrogens is 338 g/mol. The fraction of sp³-hybridized carbons (Fsp3) is 0.611. The Bertz CT molecular complexity index is 676. The van der Waals surface area contributed by atoms with E-state index >= 15 is 0 Å². The molecular formula is C18H28N3O3S+. The summed E-state index contributed by atoms with van der Waals surface area (Å²) in [7, 11) is -3.49. The summed E-state index contributed by atoms with van der Waals surface area (Å²) in [5.74, 6) is -0.0205. The third-order valence-electron chi connectivity index (χ3n) is 5.10. The Morgan fingerprint density at radius 2 is 1.64 bits per heavy atom. The van der Waals surface area contributed by atoms with Gasteiger partial charge in [-0.2, -0.15) is 0 Å². The minimum Gasteiger partial charge on any atom is -0.327 e. The summed E-state index contributed by atoms with van der Waals surface area (Å²) >= 11 is 0. The maximum Gasteiger partial charge on any atom is 0.279 e. The van der Waals surface area contributed by atoms with Crippen molar-refractivity contribution in [3.05, 3.63) is 24.3 Å². The minimum absolute atomic E-state index is 0.0205. The van der Waals surface area contributed by atoms with Crippen LogP contribution in [0.2, 0.25) is 0 Å². The minimum atomic E-state index is -3.49. The molecule has 1 heterocycles. The van der Waals surface area contributed by atoms with Crippen LogP contribution in [0.15, 0.2) is 29.2 Å². The first-order valence-electron chi connectivity index (χ1n) is 9.29. The molecule has 3 rings (SSSR count). The number of nitrogens with one attached hydrogen (secondary N) is 3. The second-order valence-corrected chi connectivity index (χ2v) is 8.88. The zero-order chi connectivity index (χ0) is 17.7. The molecule has 1 saturated heterocycles. The second kappa shape index (κ2) is 8.29. The van der Waals surface area contributed by atoms with Crippen LogP contribution in [0.1, 0.15) is 44.9 Å². The van der Waals surface area contributed by atoms with E-state index in [1.807, 2.05) is 0 Å². The number of rotatable bonds is 6. The summed E-state index contributed by atoms with van der Waals surface area (Å²) in [4.78, 5) is 13.6. The van der Waals surface area contributed by atoms with Crippen molar-refractivity contribution in [1.29, 1.82) is 0 Å². The van der Waals surface area contributed by atoms with Crippen molar-refractivity contribution < 1.29 is 18.1 Å². The maximum atomic E-state index is 12.5. The molecule has 3 N–H and O–H groups in total. The topological polar surface area (TPSA) is 79.7 Å². The normalized spacial score (nSPS) is 19.8. The van der Waals surface area contributed by atoms with E-state index in [-0.39, 0.29) is 16.8 Å². The summed E-state index contributed by atoms with van der Waals surface area (Å²) in [6, 6.07) is 6.48. The molecule has 1 aromatic carbocycles. The first kappa shape index (κ1) is 18.4. The van der Waals surface area contributed by atoms with Crippen molar-refractivity contribution in [2.75, 3.05) is 25.0 Å². The smallest absolute Gasteiger partial charge is 0.279 e. The summed E-state index contributed by atoms with van der Waals surface area (Å²) in [6.45, 7) is 2.58. The lowest BCUT2D eigenvalue weighted by Gasteiger charge is -2.22. The van der Waals surface area contributed by atoms with Gasteiger partial charge >= 0.3 is 0 Å². The maximum absolute atomic E-state index is 12.5. The molecule has 7 heteroatoms. The number of likely N-dealkylation sites (tertiary alicyclic amines) is 1. The lowest BCUT2D eigenvalue weighted by molar-refractivity contribution is -0.878. The van der Waals surface area contributed by atoms with Gasteiger partial charge in [0, 0.05) is 24.6 Å². The fourth-order valence-electron chi connectivity index (χ4n) is 3.71. The van der Waals surface area contributed by atoms with E-state index in [4.69, 9.17) is 0 Å². The quantitative estimate of drug-likeness (QED) is 0.700. The summed E-state index contributed by atoms with van der Waals surface area (Å²) in [5.41, 5.74) is 0.639. The highest BCUT2D eigenvalue weighted by atomic mass is 32.2. The van der Waals surface area contributed by atoms with Crippen LogP contribution in [0, 0.1) is 0 Å². The van der Waals surface area contributed by atoms with Gasteiger partial charge in [0.15, 0.2) is 6.54 Å². The number of quaternary nitrogens is 1. The van der Waals surface area contributed by atoms with Gasteiger partial charge in [-0.15, -0.1) is 0 Å². The number of carbonyl (C=O) groups excluding carboxylic acids is 1. The van der Waals surface area contributed by atoms with E-state index in [1.54, 1.807) is 24.3 Å². The fourth-order valence-corrected chi connectivity index (χ4v) is 5.01. The van der Waals surface area contributed by atoms with E-state index in [1.165, 1.54) is 24.2 Å². The van der Waals surface area contributed by atoms with Crippen LogP contribution in [-0.2, 0) is 14.8 Å².